The number of sulfonamides is 1. The van der Waals surface area contributed by atoms with E-state index < -0.39 is 15.9 Å². The SMILES string of the molecule is CCCCc1nn(-c2cc(NC(=O)CC)ccc2Cl)c(=O)n1Cc1ccc(-c2cc(CC)ccc2S(=O)(=O)NC(=O)c2ccccc2Cl)cc1. The minimum atomic E-state index is -4.29. The lowest BCUT2D eigenvalue weighted by atomic mass is 10.0. The number of hydrogen-bond donors (Lipinski definition) is 2. The highest BCUT2D eigenvalue weighted by molar-refractivity contribution is 7.90. The Balaban J connectivity index is 1.48. The lowest BCUT2D eigenvalue weighted by Gasteiger charge is -2.14. The first kappa shape index (κ1) is 36.6. The Labute approximate surface area is 301 Å². The first-order valence-corrected chi connectivity index (χ1v) is 18.5. The summed E-state index contributed by atoms with van der Waals surface area (Å²) in [6.07, 6.45) is 3.24. The van der Waals surface area contributed by atoms with Crippen LogP contribution in [0.3, 0.4) is 0 Å². The molecular formula is C37H37Cl2N5O5S. The van der Waals surface area contributed by atoms with Crippen LogP contribution in [-0.4, -0.2) is 34.6 Å². The van der Waals surface area contributed by atoms with E-state index in [4.69, 9.17) is 23.2 Å². The van der Waals surface area contributed by atoms with E-state index in [1.165, 1.54) is 22.9 Å². The molecule has 0 bridgehead atoms. The lowest BCUT2D eigenvalue weighted by Crippen LogP contribution is -2.31. The van der Waals surface area contributed by atoms with Gasteiger partial charge in [-0.05, 0) is 72.0 Å². The summed E-state index contributed by atoms with van der Waals surface area (Å²) < 4.78 is 32.1. The van der Waals surface area contributed by atoms with E-state index in [0.717, 1.165) is 24.0 Å². The largest absolute Gasteiger partial charge is 0.351 e. The molecule has 0 spiro atoms. The Kier molecular flexibility index (Phi) is 11.6. The molecule has 260 valence electrons. The molecular weight excluding hydrogens is 697 g/mol. The molecule has 0 aliphatic carbocycles. The zero-order valence-corrected chi connectivity index (χ0v) is 30.2. The van der Waals surface area contributed by atoms with E-state index in [1.807, 2.05) is 19.1 Å². The van der Waals surface area contributed by atoms with Crippen molar-refractivity contribution in [3.8, 4) is 16.8 Å². The number of rotatable bonds is 13. The molecule has 0 unspecified atom stereocenters. The second-order valence-corrected chi connectivity index (χ2v) is 14.1. The van der Waals surface area contributed by atoms with E-state index in [-0.39, 0.29) is 33.6 Å². The fourth-order valence-electron chi connectivity index (χ4n) is 5.38. The molecule has 2 amide bonds. The minimum absolute atomic E-state index is 0.0453. The van der Waals surface area contributed by atoms with Gasteiger partial charge in [0.2, 0.25) is 5.91 Å². The van der Waals surface area contributed by atoms with Gasteiger partial charge in [-0.25, -0.2) is 17.9 Å². The number of carbonyl (C=O) groups excluding carboxylic acids is 2. The number of aryl methyl sites for hydroxylation is 2. The number of hydrogen-bond acceptors (Lipinski definition) is 6. The Morgan fingerprint density at radius 3 is 2.26 bits per heavy atom. The van der Waals surface area contributed by atoms with Gasteiger partial charge >= 0.3 is 5.69 Å². The molecule has 4 aromatic carbocycles. The molecule has 0 fully saturated rings. The van der Waals surface area contributed by atoms with E-state index in [9.17, 15) is 22.8 Å². The van der Waals surface area contributed by atoms with Gasteiger partial charge in [0.25, 0.3) is 15.9 Å². The van der Waals surface area contributed by atoms with Gasteiger partial charge in [-0.2, -0.15) is 4.68 Å². The van der Waals surface area contributed by atoms with Crippen LogP contribution in [0.15, 0.2) is 94.6 Å². The third-order valence-electron chi connectivity index (χ3n) is 8.17. The Bertz CT molecular complexity index is 2210. The van der Waals surface area contributed by atoms with Crippen LogP contribution in [-0.2, 0) is 34.2 Å². The fourth-order valence-corrected chi connectivity index (χ4v) is 6.98. The van der Waals surface area contributed by atoms with Crippen LogP contribution in [0.25, 0.3) is 16.8 Å². The van der Waals surface area contributed by atoms with Crippen LogP contribution in [0.1, 0.15) is 67.3 Å². The average molecular weight is 735 g/mol. The number of unbranched alkanes of at least 4 members (excludes halogenated alkanes) is 1. The van der Waals surface area contributed by atoms with Crippen molar-refractivity contribution in [1.82, 2.24) is 19.1 Å². The summed E-state index contributed by atoms with van der Waals surface area (Å²) in [5.74, 6) is -0.422. The summed E-state index contributed by atoms with van der Waals surface area (Å²) >= 11 is 12.7. The van der Waals surface area contributed by atoms with Crippen LogP contribution in [0.5, 0.6) is 0 Å². The maximum absolute atomic E-state index is 13.8. The normalized spacial score (nSPS) is 11.4. The molecule has 2 N–H and O–H groups in total. The van der Waals surface area contributed by atoms with Gasteiger partial charge < -0.3 is 5.32 Å². The second kappa shape index (κ2) is 15.9. The van der Waals surface area contributed by atoms with Crippen LogP contribution >= 0.6 is 23.2 Å². The Morgan fingerprint density at radius 2 is 1.58 bits per heavy atom. The second-order valence-electron chi connectivity index (χ2n) is 11.7. The first-order valence-electron chi connectivity index (χ1n) is 16.3. The summed E-state index contributed by atoms with van der Waals surface area (Å²) in [6.45, 7) is 5.97. The average Bonchev–Trinajstić information content (AvgIpc) is 3.41. The molecule has 0 aliphatic heterocycles. The van der Waals surface area contributed by atoms with Crippen LogP contribution in [0.2, 0.25) is 10.0 Å². The number of carbonyl (C=O) groups is 2. The molecule has 0 atom stereocenters. The highest BCUT2D eigenvalue weighted by atomic mass is 35.5. The standard InChI is InChI=1S/C37H37Cl2N5O5S/c1-4-7-12-34-41-44(32-22-27(18-19-31(32)39)40-35(45)6-3)37(47)43(34)23-25-13-16-26(17-14-25)29-21-24(5-2)15-20-33(29)50(48,49)42-36(46)28-10-8-9-11-30(28)38/h8-11,13-22H,4-7,12,23H2,1-3H3,(H,40,45)(H,42,46). The maximum atomic E-state index is 13.8. The Hall–Kier alpha value is -4.71. The van der Waals surface area contributed by atoms with Crippen molar-refractivity contribution < 1.29 is 18.0 Å². The molecule has 1 heterocycles. The van der Waals surface area contributed by atoms with Gasteiger partial charge in [0.1, 0.15) is 5.82 Å². The summed E-state index contributed by atoms with van der Waals surface area (Å²) in [5.41, 5.74) is 3.24. The number of halogens is 2. The van der Waals surface area contributed by atoms with E-state index in [2.05, 4.69) is 22.1 Å². The quantitative estimate of drug-likeness (QED) is 0.129. The predicted octanol–water partition coefficient (Wildman–Crippen LogP) is 7.43. The molecule has 0 saturated carbocycles. The third-order valence-corrected chi connectivity index (χ3v) is 10.2. The summed E-state index contributed by atoms with van der Waals surface area (Å²) in [5, 5.41) is 7.88. The van der Waals surface area contributed by atoms with Crippen molar-refractivity contribution in [1.29, 1.82) is 0 Å². The number of benzene rings is 4. The number of nitrogens with zero attached hydrogens (tertiary/aromatic N) is 3. The predicted molar refractivity (Wildman–Crippen MR) is 197 cm³/mol. The third kappa shape index (κ3) is 8.18. The van der Waals surface area contributed by atoms with Crippen LogP contribution < -0.4 is 15.7 Å². The molecule has 10 nitrogen and oxygen atoms in total. The van der Waals surface area contributed by atoms with Gasteiger partial charge in [-0.1, -0.05) is 92.9 Å². The monoisotopic (exact) mass is 733 g/mol. The van der Waals surface area contributed by atoms with E-state index in [1.54, 1.807) is 66.1 Å². The topological polar surface area (TPSA) is 132 Å². The molecule has 0 radical (unpaired) electrons. The van der Waals surface area contributed by atoms with Gasteiger partial charge in [-0.15, -0.1) is 5.10 Å². The molecule has 0 aliphatic rings. The zero-order chi connectivity index (χ0) is 36.0. The zero-order valence-electron chi connectivity index (χ0n) is 27.9. The highest BCUT2D eigenvalue weighted by Gasteiger charge is 2.24. The number of aromatic nitrogens is 3. The number of anilines is 1. The molecule has 1 aromatic heterocycles. The van der Waals surface area contributed by atoms with Gasteiger partial charge in [0, 0.05) is 24.1 Å². The van der Waals surface area contributed by atoms with Crippen molar-refractivity contribution in [2.75, 3.05) is 5.32 Å². The smallest absolute Gasteiger partial charge is 0.326 e. The molecule has 5 rings (SSSR count). The van der Waals surface area contributed by atoms with Crippen LogP contribution in [0.4, 0.5) is 5.69 Å². The van der Waals surface area contributed by atoms with Gasteiger partial charge in [0.15, 0.2) is 0 Å². The Morgan fingerprint density at radius 1 is 0.860 bits per heavy atom. The van der Waals surface area contributed by atoms with Gasteiger partial charge in [-0.3, -0.25) is 14.2 Å². The lowest BCUT2D eigenvalue weighted by molar-refractivity contribution is -0.115. The van der Waals surface area contributed by atoms with Crippen molar-refractivity contribution >= 4 is 50.7 Å². The van der Waals surface area contributed by atoms with Gasteiger partial charge in [0.05, 0.1) is 32.7 Å². The summed E-state index contributed by atoms with van der Waals surface area (Å²) in [6, 6.07) is 23.4. The summed E-state index contributed by atoms with van der Waals surface area (Å²) in [4.78, 5) is 38.7. The van der Waals surface area contributed by atoms with Crippen LogP contribution in [0, 0.1) is 0 Å². The van der Waals surface area contributed by atoms with Crippen molar-refractivity contribution in [3.05, 3.63) is 128 Å². The van der Waals surface area contributed by atoms with E-state index >= 15 is 0 Å². The minimum Gasteiger partial charge on any atom is -0.326 e. The van der Waals surface area contributed by atoms with Crippen molar-refractivity contribution in [2.45, 2.75) is 64.3 Å². The molecule has 5 aromatic rings. The summed E-state index contributed by atoms with van der Waals surface area (Å²) in [7, 11) is -4.29. The number of nitrogens with one attached hydrogen (secondary N) is 2. The fraction of sp³-hybridized carbons (Fsp3) is 0.243. The highest BCUT2D eigenvalue weighted by Crippen LogP contribution is 2.30. The van der Waals surface area contributed by atoms with Crippen molar-refractivity contribution in [2.24, 2.45) is 0 Å². The van der Waals surface area contributed by atoms with E-state index in [0.29, 0.717) is 52.6 Å². The number of amides is 2. The molecule has 0 saturated heterocycles. The molecule has 13 heteroatoms. The first-order chi connectivity index (χ1) is 23.9. The van der Waals surface area contributed by atoms with Crippen molar-refractivity contribution in [3.63, 3.8) is 0 Å². The maximum Gasteiger partial charge on any atom is 0.351 e. The molecule has 50 heavy (non-hydrogen) atoms.